The SMILES string of the molecule is Cc1ccc(NC(=O)Cn2nc3n(C)c(=O)c4ccc(C(=O)NC5CCCCC5)cc4n3c2=O)c(C)c1. The number of benzene rings is 2. The van der Waals surface area contributed by atoms with E-state index in [4.69, 9.17) is 0 Å². The Morgan fingerprint density at radius 2 is 1.78 bits per heavy atom. The molecule has 10 heteroatoms. The van der Waals surface area contributed by atoms with Crippen molar-refractivity contribution < 1.29 is 9.59 Å². The number of carbonyl (C=O) groups is 2. The van der Waals surface area contributed by atoms with Gasteiger partial charge >= 0.3 is 5.69 Å². The largest absolute Gasteiger partial charge is 0.352 e. The quantitative estimate of drug-likeness (QED) is 0.435. The number of hydrogen-bond donors (Lipinski definition) is 2. The second-order valence-corrected chi connectivity index (χ2v) is 9.85. The molecule has 2 aromatic carbocycles. The van der Waals surface area contributed by atoms with E-state index in [-0.39, 0.29) is 40.7 Å². The fourth-order valence-electron chi connectivity index (χ4n) is 5.03. The molecule has 1 saturated carbocycles. The minimum Gasteiger partial charge on any atom is -0.349 e. The van der Waals surface area contributed by atoms with E-state index in [1.54, 1.807) is 18.2 Å². The summed E-state index contributed by atoms with van der Waals surface area (Å²) in [6, 6.07) is 10.5. The third-order valence-electron chi connectivity index (χ3n) is 7.05. The summed E-state index contributed by atoms with van der Waals surface area (Å²) in [4.78, 5) is 52.1. The van der Waals surface area contributed by atoms with Crippen molar-refractivity contribution in [3.8, 4) is 0 Å². The van der Waals surface area contributed by atoms with Gasteiger partial charge in [0.05, 0.1) is 10.9 Å². The van der Waals surface area contributed by atoms with Crippen molar-refractivity contribution in [2.45, 2.75) is 58.5 Å². The lowest BCUT2D eigenvalue weighted by atomic mass is 9.95. The van der Waals surface area contributed by atoms with Crippen molar-refractivity contribution in [3.63, 3.8) is 0 Å². The van der Waals surface area contributed by atoms with Gasteiger partial charge in [0.2, 0.25) is 11.7 Å². The van der Waals surface area contributed by atoms with Crippen molar-refractivity contribution in [2.24, 2.45) is 7.05 Å². The Balaban J connectivity index is 1.50. The molecular formula is C27H30N6O4. The molecule has 37 heavy (non-hydrogen) atoms. The highest BCUT2D eigenvalue weighted by molar-refractivity contribution is 5.98. The molecule has 2 N–H and O–H groups in total. The Morgan fingerprint density at radius 1 is 1.03 bits per heavy atom. The van der Waals surface area contributed by atoms with E-state index in [2.05, 4.69) is 15.7 Å². The maximum atomic E-state index is 13.4. The van der Waals surface area contributed by atoms with Crippen molar-refractivity contribution in [1.82, 2.24) is 24.1 Å². The van der Waals surface area contributed by atoms with E-state index in [1.807, 2.05) is 32.0 Å². The Hall–Kier alpha value is -4.21. The maximum Gasteiger partial charge on any atom is 0.352 e. The Labute approximate surface area is 212 Å². The first-order chi connectivity index (χ1) is 17.7. The van der Waals surface area contributed by atoms with E-state index in [1.165, 1.54) is 22.4 Å². The summed E-state index contributed by atoms with van der Waals surface area (Å²) >= 11 is 0. The highest BCUT2D eigenvalue weighted by Gasteiger charge is 2.21. The monoisotopic (exact) mass is 502 g/mol. The summed E-state index contributed by atoms with van der Waals surface area (Å²) in [6.07, 6.45) is 5.25. The van der Waals surface area contributed by atoms with Crippen molar-refractivity contribution in [2.75, 3.05) is 5.32 Å². The number of hydrogen-bond acceptors (Lipinski definition) is 5. The average Bonchev–Trinajstić information content (AvgIpc) is 3.20. The molecule has 1 fully saturated rings. The normalized spacial score (nSPS) is 14.2. The second-order valence-electron chi connectivity index (χ2n) is 9.85. The van der Waals surface area contributed by atoms with Crippen LogP contribution in [0.15, 0.2) is 46.0 Å². The van der Waals surface area contributed by atoms with Gasteiger partial charge in [0.1, 0.15) is 6.54 Å². The van der Waals surface area contributed by atoms with Crippen molar-refractivity contribution >= 4 is 34.2 Å². The van der Waals surface area contributed by atoms with E-state index < -0.39 is 11.6 Å². The van der Waals surface area contributed by atoms with Gasteiger partial charge in [0.15, 0.2) is 0 Å². The van der Waals surface area contributed by atoms with Gasteiger partial charge in [0.25, 0.3) is 11.5 Å². The zero-order valence-corrected chi connectivity index (χ0v) is 21.2. The first-order valence-electron chi connectivity index (χ1n) is 12.5. The number of aromatic nitrogens is 4. The van der Waals surface area contributed by atoms with Crippen LogP contribution in [-0.4, -0.2) is 36.6 Å². The number of carbonyl (C=O) groups excluding carboxylic acids is 2. The minimum absolute atomic E-state index is 0.0895. The number of amides is 2. The molecule has 0 aliphatic heterocycles. The number of fused-ring (bicyclic) bond motifs is 3. The maximum absolute atomic E-state index is 13.4. The molecule has 2 heterocycles. The Morgan fingerprint density at radius 3 is 2.51 bits per heavy atom. The van der Waals surface area contributed by atoms with Crippen molar-refractivity contribution in [1.29, 1.82) is 0 Å². The fraction of sp³-hybridized carbons (Fsp3) is 0.370. The standard InChI is InChI=1S/C27H30N6O4/c1-16-9-12-21(17(2)13-16)29-23(34)15-32-27(37)33-22-14-18(24(35)28-19-7-5-4-6-8-19)10-11-20(22)25(36)31(3)26(33)30-32/h9-14,19H,4-8,15H2,1-3H3,(H,28,35)(H,29,34). The van der Waals surface area contributed by atoms with Crippen LogP contribution in [0.2, 0.25) is 0 Å². The van der Waals surface area contributed by atoms with E-state index >= 15 is 0 Å². The number of rotatable bonds is 5. The van der Waals surface area contributed by atoms with Gasteiger partial charge in [-0.1, -0.05) is 37.0 Å². The lowest BCUT2D eigenvalue weighted by Gasteiger charge is -2.22. The summed E-state index contributed by atoms with van der Waals surface area (Å²) in [7, 11) is 1.52. The van der Waals surface area contributed by atoms with Gasteiger partial charge in [-0.15, -0.1) is 5.10 Å². The van der Waals surface area contributed by atoms with Crippen LogP contribution in [0.4, 0.5) is 5.69 Å². The lowest BCUT2D eigenvalue weighted by molar-refractivity contribution is -0.117. The van der Waals surface area contributed by atoms with Gasteiger partial charge in [-0.3, -0.25) is 19.0 Å². The number of nitrogens with one attached hydrogen (secondary N) is 2. The highest BCUT2D eigenvalue weighted by Crippen LogP contribution is 2.19. The third kappa shape index (κ3) is 4.66. The third-order valence-corrected chi connectivity index (χ3v) is 7.05. The summed E-state index contributed by atoms with van der Waals surface area (Å²) in [6.45, 7) is 3.53. The molecule has 0 bridgehead atoms. The molecule has 1 aliphatic rings. The predicted molar refractivity (Wildman–Crippen MR) is 141 cm³/mol. The fourth-order valence-corrected chi connectivity index (χ4v) is 5.03. The van der Waals surface area contributed by atoms with Crippen LogP contribution in [0.1, 0.15) is 53.6 Å². The molecule has 0 saturated heterocycles. The van der Waals surface area contributed by atoms with E-state index in [0.29, 0.717) is 11.3 Å². The van der Waals surface area contributed by atoms with Crippen LogP contribution in [0.3, 0.4) is 0 Å². The second kappa shape index (κ2) is 9.68. The van der Waals surface area contributed by atoms with E-state index in [0.717, 1.165) is 41.5 Å². The molecule has 2 aromatic heterocycles. The van der Waals surface area contributed by atoms with Crippen LogP contribution in [0.25, 0.3) is 16.7 Å². The Kier molecular flexibility index (Phi) is 6.41. The van der Waals surface area contributed by atoms with Crippen LogP contribution in [0.5, 0.6) is 0 Å². The molecule has 0 atom stereocenters. The van der Waals surface area contributed by atoms with Crippen LogP contribution in [0, 0.1) is 13.8 Å². The molecular weight excluding hydrogens is 472 g/mol. The molecule has 1 aliphatic carbocycles. The summed E-state index contributed by atoms with van der Waals surface area (Å²) < 4.78 is 3.57. The molecule has 0 unspecified atom stereocenters. The Bertz CT molecular complexity index is 1660. The van der Waals surface area contributed by atoms with Gasteiger partial charge in [0, 0.05) is 24.3 Å². The number of aryl methyl sites for hydroxylation is 3. The van der Waals surface area contributed by atoms with Gasteiger partial charge in [-0.25, -0.2) is 13.9 Å². The van der Waals surface area contributed by atoms with Crippen LogP contribution in [-0.2, 0) is 18.4 Å². The number of nitrogens with zero attached hydrogens (tertiary/aromatic N) is 4. The first kappa shape index (κ1) is 24.5. The summed E-state index contributed by atoms with van der Waals surface area (Å²) in [5.41, 5.74) is 2.35. The van der Waals surface area contributed by atoms with Crippen LogP contribution >= 0.6 is 0 Å². The topological polar surface area (TPSA) is 120 Å². The van der Waals surface area contributed by atoms with E-state index in [9.17, 15) is 19.2 Å². The predicted octanol–water partition coefficient (Wildman–Crippen LogP) is 2.67. The van der Waals surface area contributed by atoms with Gasteiger partial charge < -0.3 is 10.6 Å². The molecule has 4 aromatic rings. The molecule has 5 rings (SSSR count). The van der Waals surface area contributed by atoms with Crippen molar-refractivity contribution in [3.05, 3.63) is 73.9 Å². The first-order valence-corrected chi connectivity index (χ1v) is 12.5. The van der Waals surface area contributed by atoms with Gasteiger partial charge in [-0.2, -0.15) is 0 Å². The zero-order valence-electron chi connectivity index (χ0n) is 21.2. The smallest absolute Gasteiger partial charge is 0.349 e. The molecule has 0 radical (unpaired) electrons. The lowest BCUT2D eigenvalue weighted by Crippen LogP contribution is -2.36. The van der Waals surface area contributed by atoms with Crippen LogP contribution < -0.4 is 21.9 Å². The summed E-state index contributed by atoms with van der Waals surface area (Å²) in [5.74, 6) is -0.568. The molecule has 2 amide bonds. The zero-order chi connectivity index (χ0) is 26.3. The minimum atomic E-state index is -0.573. The molecule has 192 valence electrons. The summed E-state index contributed by atoms with van der Waals surface area (Å²) in [5, 5.41) is 10.4. The highest BCUT2D eigenvalue weighted by atomic mass is 16.2. The number of anilines is 1. The average molecular weight is 503 g/mol. The molecule has 10 nitrogen and oxygen atoms in total. The van der Waals surface area contributed by atoms with Gasteiger partial charge in [-0.05, 0) is 56.5 Å². The molecule has 0 spiro atoms.